The molecular weight excluding hydrogens is 387 g/mol. The number of halogens is 4. The molecule has 0 spiro atoms. The fourth-order valence-corrected chi connectivity index (χ4v) is 3.27. The van der Waals surface area contributed by atoms with E-state index in [0.717, 1.165) is 6.20 Å². The van der Waals surface area contributed by atoms with Crippen LogP contribution in [-0.4, -0.2) is 33.8 Å². The molecular formula is C17H13ClF3N3O3. The lowest BCUT2D eigenvalue weighted by molar-refractivity contribution is -0.287. The molecule has 2 heterocycles. The Morgan fingerprint density at radius 3 is 2.52 bits per heavy atom. The lowest BCUT2D eigenvalue weighted by Crippen LogP contribution is -2.72. The number of carbonyl (C=O) groups excluding carboxylic acids is 2. The number of amides is 2. The molecule has 1 aromatic heterocycles. The summed E-state index contributed by atoms with van der Waals surface area (Å²) in [6.07, 6.45) is -2.90. The Kier molecular flexibility index (Phi) is 4.83. The van der Waals surface area contributed by atoms with Gasteiger partial charge in [0.25, 0.3) is 0 Å². The second kappa shape index (κ2) is 6.82. The number of alkyl halides is 3. The maximum absolute atomic E-state index is 13.7. The van der Waals surface area contributed by atoms with Crippen LogP contribution in [0.2, 0.25) is 5.02 Å². The molecule has 2 amide bonds. The van der Waals surface area contributed by atoms with Crippen LogP contribution in [0.4, 0.5) is 18.0 Å². The fraction of sp³-hybridized carbons (Fsp3) is 0.235. The first kappa shape index (κ1) is 19.1. The summed E-state index contributed by atoms with van der Waals surface area (Å²) in [6.45, 7) is 0. The van der Waals surface area contributed by atoms with Crippen molar-refractivity contribution < 1.29 is 27.9 Å². The molecule has 3 atom stereocenters. The van der Waals surface area contributed by atoms with Crippen molar-refractivity contribution in [2.75, 3.05) is 0 Å². The van der Waals surface area contributed by atoms with Crippen LogP contribution in [0.1, 0.15) is 22.0 Å². The van der Waals surface area contributed by atoms with Gasteiger partial charge in [-0.1, -0.05) is 29.8 Å². The first-order valence-electron chi connectivity index (χ1n) is 7.71. The van der Waals surface area contributed by atoms with Crippen molar-refractivity contribution in [1.29, 1.82) is 0 Å². The third-order valence-corrected chi connectivity index (χ3v) is 4.62. The number of aromatic nitrogens is 1. The van der Waals surface area contributed by atoms with Gasteiger partial charge >= 0.3 is 12.2 Å². The summed E-state index contributed by atoms with van der Waals surface area (Å²) in [5.41, 5.74) is -3.88. The molecule has 3 rings (SSSR count). The molecule has 27 heavy (non-hydrogen) atoms. The quantitative estimate of drug-likeness (QED) is 0.692. The van der Waals surface area contributed by atoms with Gasteiger partial charge in [0, 0.05) is 23.0 Å². The maximum Gasteiger partial charge on any atom is 0.437 e. The number of Topliss-reactive ketones (excluding diaryl/α,β-unsaturated/α-hetero) is 1. The summed E-state index contributed by atoms with van der Waals surface area (Å²) in [6, 6.07) is 5.66. The minimum atomic E-state index is -5.33. The average Bonchev–Trinajstić information content (AvgIpc) is 2.61. The largest absolute Gasteiger partial charge is 0.437 e. The number of nitrogens with zero attached hydrogens (tertiary/aromatic N) is 1. The number of hydrogen-bond acceptors (Lipinski definition) is 4. The summed E-state index contributed by atoms with van der Waals surface area (Å²) in [5, 5.41) is 14.2. The summed E-state index contributed by atoms with van der Waals surface area (Å²) in [5.74, 6) is -3.19. The Morgan fingerprint density at radius 2 is 1.93 bits per heavy atom. The molecule has 1 saturated heterocycles. The Bertz CT molecular complexity index is 878. The zero-order valence-electron chi connectivity index (χ0n) is 13.5. The first-order chi connectivity index (χ1) is 12.6. The number of hydrogen-bond donors (Lipinski definition) is 3. The third-order valence-electron chi connectivity index (χ3n) is 4.28. The summed E-state index contributed by atoms with van der Waals surface area (Å²) < 4.78 is 41.2. The number of rotatable bonds is 3. The molecule has 0 unspecified atom stereocenters. The van der Waals surface area contributed by atoms with Gasteiger partial charge in [0.1, 0.15) is 5.92 Å². The van der Waals surface area contributed by atoms with Gasteiger partial charge in [-0.25, -0.2) is 4.79 Å². The van der Waals surface area contributed by atoms with E-state index in [0.29, 0.717) is 0 Å². The lowest BCUT2D eigenvalue weighted by atomic mass is 9.77. The van der Waals surface area contributed by atoms with Crippen LogP contribution < -0.4 is 10.6 Å². The van der Waals surface area contributed by atoms with Crippen molar-refractivity contribution in [2.45, 2.75) is 17.9 Å². The van der Waals surface area contributed by atoms with Crippen LogP contribution in [0.25, 0.3) is 0 Å². The highest BCUT2D eigenvalue weighted by Crippen LogP contribution is 2.44. The van der Waals surface area contributed by atoms with E-state index in [9.17, 15) is 27.9 Å². The zero-order valence-corrected chi connectivity index (χ0v) is 14.3. The van der Waals surface area contributed by atoms with Crippen LogP contribution in [-0.2, 0) is 0 Å². The number of nitrogens with one attached hydrogen (secondary N) is 2. The molecule has 0 saturated carbocycles. The highest BCUT2D eigenvalue weighted by molar-refractivity contribution is 6.31. The second-order valence-electron chi connectivity index (χ2n) is 5.95. The van der Waals surface area contributed by atoms with Gasteiger partial charge in [0.2, 0.25) is 5.72 Å². The van der Waals surface area contributed by atoms with E-state index < -0.39 is 35.7 Å². The van der Waals surface area contributed by atoms with Crippen molar-refractivity contribution in [3.05, 3.63) is 64.9 Å². The number of carbonyl (C=O) groups is 2. The number of benzene rings is 1. The predicted molar refractivity (Wildman–Crippen MR) is 88.9 cm³/mol. The minimum absolute atomic E-state index is 0.0400. The molecule has 1 aliphatic heterocycles. The molecule has 0 radical (unpaired) electrons. The molecule has 3 N–H and O–H groups in total. The van der Waals surface area contributed by atoms with Gasteiger partial charge in [0.05, 0.1) is 6.04 Å². The summed E-state index contributed by atoms with van der Waals surface area (Å²) >= 11 is 6.07. The van der Waals surface area contributed by atoms with E-state index in [2.05, 4.69) is 10.3 Å². The van der Waals surface area contributed by atoms with Crippen LogP contribution in [0.5, 0.6) is 0 Å². The lowest BCUT2D eigenvalue weighted by Gasteiger charge is -2.45. The van der Waals surface area contributed by atoms with E-state index in [1.165, 1.54) is 41.8 Å². The van der Waals surface area contributed by atoms with Gasteiger partial charge in [-0.15, -0.1) is 0 Å². The van der Waals surface area contributed by atoms with E-state index in [1.807, 2.05) is 0 Å². The van der Waals surface area contributed by atoms with Crippen molar-refractivity contribution >= 4 is 23.4 Å². The van der Waals surface area contributed by atoms with E-state index in [4.69, 9.17) is 11.6 Å². The number of aliphatic hydroxyl groups is 1. The van der Waals surface area contributed by atoms with Crippen molar-refractivity contribution in [1.82, 2.24) is 15.6 Å². The molecule has 6 nitrogen and oxygen atoms in total. The van der Waals surface area contributed by atoms with Crippen LogP contribution >= 0.6 is 11.6 Å². The molecule has 0 aliphatic carbocycles. The van der Waals surface area contributed by atoms with Gasteiger partial charge in [-0.2, -0.15) is 13.2 Å². The molecule has 10 heteroatoms. The Balaban J connectivity index is 2.19. The van der Waals surface area contributed by atoms with Gasteiger partial charge in [-0.3, -0.25) is 9.78 Å². The predicted octanol–water partition coefficient (Wildman–Crippen LogP) is 2.84. The summed E-state index contributed by atoms with van der Waals surface area (Å²) in [4.78, 5) is 28.5. The molecule has 1 fully saturated rings. The van der Waals surface area contributed by atoms with Gasteiger partial charge in [-0.05, 0) is 23.8 Å². The third kappa shape index (κ3) is 3.35. The standard InChI is InChI=1S/C17H13ClF3N3O3/c18-11-6-2-1-5-10(11)13-12(14(25)9-4-3-7-22-8-9)16(27,17(19,20)21)24-15(26)23-13/h1-8,12-13,27H,(H2,23,24,26)/t12-,13+,16+/m0/s1. The van der Waals surface area contributed by atoms with E-state index in [-0.39, 0.29) is 16.1 Å². The van der Waals surface area contributed by atoms with Gasteiger partial charge in [0.15, 0.2) is 5.78 Å². The topological polar surface area (TPSA) is 91.3 Å². The van der Waals surface area contributed by atoms with Crippen LogP contribution in [0, 0.1) is 5.92 Å². The van der Waals surface area contributed by atoms with Crippen molar-refractivity contribution in [3.8, 4) is 0 Å². The fourth-order valence-electron chi connectivity index (χ4n) is 3.01. The second-order valence-corrected chi connectivity index (χ2v) is 6.35. The first-order valence-corrected chi connectivity index (χ1v) is 8.09. The smallest absolute Gasteiger partial charge is 0.363 e. The SMILES string of the molecule is O=C1N[C@H](c2ccccc2Cl)[C@@H](C(=O)c2cccnc2)[C@@](O)(C(F)(F)F)N1. The number of ketones is 1. The monoisotopic (exact) mass is 399 g/mol. The molecule has 2 aromatic rings. The Morgan fingerprint density at radius 1 is 1.22 bits per heavy atom. The number of urea groups is 1. The summed E-state index contributed by atoms with van der Waals surface area (Å²) in [7, 11) is 0. The Hall–Kier alpha value is -2.65. The van der Waals surface area contributed by atoms with Crippen molar-refractivity contribution in [2.24, 2.45) is 5.92 Å². The minimum Gasteiger partial charge on any atom is -0.363 e. The highest BCUT2D eigenvalue weighted by atomic mass is 35.5. The van der Waals surface area contributed by atoms with E-state index >= 15 is 0 Å². The molecule has 142 valence electrons. The normalized spacial score (nSPS) is 25.4. The van der Waals surface area contributed by atoms with Crippen LogP contribution in [0.3, 0.4) is 0 Å². The van der Waals surface area contributed by atoms with E-state index in [1.54, 1.807) is 6.07 Å². The van der Waals surface area contributed by atoms with Gasteiger partial charge < -0.3 is 15.7 Å². The molecule has 0 bridgehead atoms. The molecule has 1 aliphatic rings. The maximum atomic E-state index is 13.7. The number of pyridine rings is 1. The zero-order chi connectivity index (χ0) is 19.8. The Labute approximate surface area is 156 Å². The van der Waals surface area contributed by atoms with Crippen molar-refractivity contribution in [3.63, 3.8) is 0 Å². The average molecular weight is 400 g/mol. The highest BCUT2D eigenvalue weighted by Gasteiger charge is 2.66. The molecule has 1 aromatic carbocycles. The van der Waals surface area contributed by atoms with Crippen LogP contribution in [0.15, 0.2) is 48.8 Å².